The Labute approximate surface area is 361 Å². The monoisotopic (exact) mass is 794 g/mol. The SMILES string of the molecule is Cc1cc(C)cc(-c2ccc3c4ccccc4n(-c4cc(-c5cccc(-c6ccccc6)n5)c(-n5c6ccccc6c6ccc(-c7cc(C)cc(C)c7)cc65)cc4C#N)c3c2)c1. The minimum absolute atomic E-state index is 0.568. The molecule has 0 saturated carbocycles. The van der Waals surface area contributed by atoms with Gasteiger partial charge in [-0.1, -0.05) is 156 Å². The van der Waals surface area contributed by atoms with E-state index >= 15 is 0 Å². The van der Waals surface area contributed by atoms with Gasteiger partial charge in [0.2, 0.25) is 0 Å². The van der Waals surface area contributed by atoms with Crippen LogP contribution in [0.15, 0.2) is 182 Å². The smallest absolute Gasteiger partial charge is 0.101 e. The Kier molecular flexibility index (Phi) is 8.73. The van der Waals surface area contributed by atoms with Gasteiger partial charge in [0, 0.05) is 32.7 Å². The predicted molar refractivity (Wildman–Crippen MR) is 258 cm³/mol. The van der Waals surface area contributed by atoms with Crippen LogP contribution in [0, 0.1) is 39.0 Å². The first kappa shape index (κ1) is 37.0. The van der Waals surface area contributed by atoms with Crippen LogP contribution >= 0.6 is 0 Å². The third-order valence-electron chi connectivity index (χ3n) is 12.3. The van der Waals surface area contributed by atoms with Crippen molar-refractivity contribution in [3.05, 3.63) is 210 Å². The summed E-state index contributed by atoms with van der Waals surface area (Å²) in [6, 6.07) is 67.7. The normalized spacial score (nSPS) is 11.5. The van der Waals surface area contributed by atoms with Gasteiger partial charge in [-0.05, 0) is 98.5 Å². The van der Waals surface area contributed by atoms with Crippen LogP contribution in [0.5, 0.6) is 0 Å². The van der Waals surface area contributed by atoms with Crippen molar-refractivity contribution in [2.75, 3.05) is 0 Å². The van der Waals surface area contributed by atoms with Crippen molar-refractivity contribution >= 4 is 43.6 Å². The molecule has 11 aromatic rings. The molecular formula is C58H42N4. The molecule has 0 aliphatic carbocycles. The first-order chi connectivity index (χ1) is 30.3. The van der Waals surface area contributed by atoms with Crippen molar-refractivity contribution in [1.82, 2.24) is 14.1 Å². The molecule has 0 bridgehead atoms. The highest BCUT2D eigenvalue weighted by molar-refractivity contribution is 6.12. The Morgan fingerprint density at radius 3 is 1.40 bits per heavy atom. The maximum atomic E-state index is 11.3. The van der Waals surface area contributed by atoms with Crippen molar-refractivity contribution in [3.63, 3.8) is 0 Å². The summed E-state index contributed by atoms with van der Waals surface area (Å²) in [5, 5.41) is 15.9. The Morgan fingerprint density at radius 1 is 0.371 bits per heavy atom. The Bertz CT molecular complexity index is 3590. The van der Waals surface area contributed by atoms with Gasteiger partial charge in [-0.2, -0.15) is 5.26 Å². The molecule has 0 saturated heterocycles. The van der Waals surface area contributed by atoms with Crippen LogP contribution < -0.4 is 0 Å². The second kappa shape index (κ2) is 14.6. The van der Waals surface area contributed by atoms with Gasteiger partial charge >= 0.3 is 0 Å². The van der Waals surface area contributed by atoms with Gasteiger partial charge in [0.25, 0.3) is 0 Å². The maximum Gasteiger partial charge on any atom is 0.101 e. The number of hydrogen-bond acceptors (Lipinski definition) is 2. The number of hydrogen-bond donors (Lipinski definition) is 0. The number of rotatable bonds is 6. The number of benzene rings is 8. The molecule has 0 N–H and O–H groups in total. The maximum absolute atomic E-state index is 11.3. The highest BCUT2D eigenvalue weighted by atomic mass is 15.0. The summed E-state index contributed by atoms with van der Waals surface area (Å²) in [5.41, 5.74) is 19.7. The third kappa shape index (κ3) is 6.17. The van der Waals surface area contributed by atoms with E-state index in [9.17, 15) is 5.26 Å². The van der Waals surface area contributed by atoms with Crippen LogP contribution in [0.25, 0.3) is 99.8 Å². The lowest BCUT2D eigenvalue weighted by atomic mass is 9.99. The lowest BCUT2D eigenvalue weighted by Gasteiger charge is -2.19. The van der Waals surface area contributed by atoms with Crippen molar-refractivity contribution in [2.45, 2.75) is 27.7 Å². The molecule has 4 heteroatoms. The van der Waals surface area contributed by atoms with E-state index in [0.29, 0.717) is 5.56 Å². The van der Waals surface area contributed by atoms with E-state index in [4.69, 9.17) is 4.98 Å². The van der Waals surface area contributed by atoms with E-state index in [0.717, 1.165) is 88.6 Å². The largest absolute Gasteiger partial charge is 0.308 e. The predicted octanol–water partition coefficient (Wildman–Crippen LogP) is 15.0. The highest BCUT2D eigenvalue weighted by Crippen LogP contribution is 2.42. The van der Waals surface area contributed by atoms with Gasteiger partial charge in [0.05, 0.1) is 50.4 Å². The quantitative estimate of drug-likeness (QED) is 0.168. The molecule has 8 aromatic carbocycles. The molecule has 0 spiro atoms. The molecule has 3 heterocycles. The number of nitrogens with zero attached hydrogens (tertiary/aromatic N) is 4. The van der Waals surface area contributed by atoms with E-state index < -0.39 is 0 Å². The van der Waals surface area contributed by atoms with Crippen LogP contribution in [0.2, 0.25) is 0 Å². The topological polar surface area (TPSA) is 46.5 Å². The molecule has 62 heavy (non-hydrogen) atoms. The zero-order valence-electron chi connectivity index (χ0n) is 35.1. The van der Waals surface area contributed by atoms with Gasteiger partial charge in [-0.25, -0.2) is 4.98 Å². The number of aryl methyl sites for hydroxylation is 4. The fraction of sp³-hybridized carbons (Fsp3) is 0.0690. The Balaban J connectivity index is 1.24. The summed E-state index contributed by atoms with van der Waals surface area (Å²) in [5.74, 6) is 0. The summed E-state index contributed by atoms with van der Waals surface area (Å²) >= 11 is 0. The van der Waals surface area contributed by atoms with Crippen LogP contribution in [0.4, 0.5) is 0 Å². The summed E-state index contributed by atoms with van der Waals surface area (Å²) in [4.78, 5) is 5.40. The van der Waals surface area contributed by atoms with E-state index in [-0.39, 0.29) is 0 Å². The summed E-state index contributed by atoms with van der Waals surface area (Å²) < 4.78 is 4.63. The van der Waals surface area contributed by atoms with Crippen LogP contribution in [0.1, 0.15) is 27.8 Å². The highest BCUT2D eigenvalue weighted by Gasteiger charge is 2.23. The number of pyridine rings is 1. The van der Waals surface area contributed by atoms with Crippen LogP contribution in [-0.2, 0) is 0 Å². The second-order valence-electron chi connectivity index (χ2n) is 16.7. The van der Waals surface area contributed by atoms with Gasteiger partial charge < -0.3 is 9.13 Å². The Morgan fingerprint density at radius 2 is 0.855 bits per heavy atom. The lowest BCUT2D eigenvalue weighted by Crippen LogP contribution is -2.05. The minimum Gasteiger partial charge on any atom is -0.308 e. The van der Waals surface area contributed by atoms with E-state index in [1.165, 1.54) is 33.4 Å². The van der Waals surface area contributed by atoms with E-state index in [1.54, 1.807) is 0 Å². The summed E-state index contributed by atoms with van der Waals surface area (Å²) in [6.07, 6.45) is 0. The number of aromatic nitrogens is 3. The molecule has 0 aliphatic heterocycles. The molecule has 294 valence electrons. The van der Waals surface area contributed by atoms with Gasteiger partial charge in [-0.15, -0.1) is 0 Å². The first-order valence-electron chi connectivity index (χ1n) is 21.2. The zero-order chi connectivity index (χ0) is 42.1. The molecule has 4 nitrogen and oxygen atoms in total. The molecule has 3 aromatic heterocycles. The van der Waals surface area contributed by atoms with Crippen LogP contribution in [0.3, 0.4) is 0 Å². The standard InChI is InChI=1S/C58H42N4/c1-36-25-37(2)28-43(27-36)41-21-23-48-46-15-8-10-19-53(46)61(56(48)31-41)55-34-50(52-18-12-17-51(60-52)40-13-6-5-7-14-40)58(33-45(55)35-59)62-54-20-11-9-16-47(54)49-24-22-42(32-57(49)62)44-29-38(3)26-39(4)30-44/h5-34H,1-4H3. The number of para-hydroxylation sites is 2. The fourth-order valence-electron chi connectivity index (χ4n) is 9.70. The van der Waals surface area contributed by atoms with Crippen molar-refractivity contribution < 1.29 is 0 Å². The zero-order valence-corrected chi connectivity index (χ0v) is 35.1. The Hall–Kier alpha value is -8.00. The van der Waals surface area contributed by atoms with Gasteiger partial charge in [-0.3, -0.25) is 0 Å². The first-order valence-corrected chi connectivity index (χ1v) is 21.2. The van der Waals surface area contributed by atoms with E-state index in [2.05, 4.69) is 219 Å². The van der Waals surface area contributed by atoms with Gasteiger partial charge in [0.15, 0.2) is 0 Å². The van der Waals surface area contributed by atoms with Crippen molar-refractivity contribution in [2.24, 2.45) is 0 Å². The fourth-order valence-corrected chi connectivity index (χ4v) is 9.70. The molecule has 0 atom stereocenters. The minimum atomic E-state index is 0.568. The third-order valence-corrected chi connectivity index (χ3v) is 12.3. The lowest BCUT2D eigenvalue weighted by molar-refractivity contribution is 1.13. The molecule has 0 amide bonds. The molecule has 11 rings (SSSR count). The number of fused-ring (bicyclic) bond motifs is 6. The summed E-state index contributed by atoms with van der Waals surface area (Å²) in [6.45, 7) is 8.61. The van der Waals surface area contributed by atoms with Crippen LogP contribution in [-0.4, -0.2) is 14.1 Å². The van der Waals surface area contributed by atoms with Crippen molar-refractivity contribution in [1.29, 1.82) is 5.26 Å². The number of nitriles is 1. The second-order valence-corrected chi connectivity index (χ2v) is 16.7. The molecule has 0 aliphatic rings. The molecular weight excluding hydrogens is 753 g/mol. The molecule has 0 fully saturated rings. The average Bonchev–Trinajstić information content (AvgIpc) is 3.80. The summed E-state index contributed by atoms with van der Waals surface area (Å²) in [7, 11) is 0. The van der Waals surface area contributed by atoms with Gasteiger partial charge in [0.1, 0.15) is 6.07 Å². The average molecular weight is 795 g/mol. The van der Waals surface area contributed by atoms with E-state index in [1.807, 2.05) is 6.07 Å². The molecule has 0 radical (unpaired) electrons. The van der Waals surface area contributed by atoms with Crippen molar-refractivity contribution in [3.8, 4) is 62.2 Å². The molecule has 0 unspecified atom stereocenters.